The van der Waals surface area contributed by atoms with Crippen molar-refractivity contribution in [3.63, 3.8) is 0 Å². The molecule has 0 saturated carbocycles. The van der Waals surface area contributed by atoms with Crippen LogP contribution in [0.15, 0.2) is 24.3 Å². The fourth-order valence-electron chi connectivity index (χ4n) is 1.42. The van der Waals surface area contributed by atoms with E-state index in [2.05, 4.69) is 5.32 Å². The molecule has 1 rings (SSSR count). The molecule has 0 aliphatic carbocycles. The number of rotatable bonds is 4. The standard InChI is InChI=1S/C10H15FN2O/c1-13-10(9(14)6-12)7-4-2-3-5-8(7)11/h2-5,9-10,13-14H,6,12H2,1H3. The van der Waals surface area contributed by atoms with Crippen LogP contribution in [0.2, 0.25) is 0 Å². The van der Waals surface area contributed by atoms with Crippen molar-refractivity contribution in [1.29, 1.82) is 0 Å². The van der Waals surface area contributed by atoms with E-state index in [9.17, 15) is 9.50 Å². The Morgan fingerprint density at radius 2 is 2.14 bits per heavy atom. The first-order valence-corrected chi connectivity index (χ1v) is 4.50. The van der Waals surface area contributed by atoms with Gasteiger partial charge in [-0.3, -0.25) is 0 Å². The fraction of sp³-hybridized carbons (Fsp3) is 0.400. The van der Waals surface area contributed by atoms with Crippen molar-refractivity contribution in [2.24, 2.45) is 5.73 Å². The Bertz CT molecular complexity index is 293. The van der Waals surface area contributed by atoms with Crippen LogP contribution in [0.25, 0.3) is 0 Å². The topological polar surface area (TPSA) is 58.3 Å². The van der Waals surface area contributed by atoms with Crippen LogP contribution in [0.1, 0.15) is 11.6 Å². The van der Waals surface area contributed by atoms with Gasteiger partial charge in [0.1, 0.15) is 5.82 Å². The molecule has 0 heterocycles. The summed E-state index contributed by atoms with van der Waals surface area (Å²) in [4.78, 5) is 0. The molecular weight excluding hydrogens is 183 g/mol. The Hall–Kier alpha value is -0.970. The zero-order valence-electron chi connectivity index (χ0n) is 8.07. The van der Waals surface area contributed by atoms with Gasteiger partial charge in [0.15, 0.2) is 0 Å². The van der Waals surface area contributed by atoms with Crippen molar-refractivity contribution in [1.82, 2.24) is 5.32 Å². The lowest BCUT2D eigenvalue weighted by Gasteiger charge is -2.21. The van der Waals surface area contributed by atoms with Crippen LogP contribution in [-0.2, 0) is 0 Å². The van der Waals surface area contributed by atoms with Gasteiger partial charge in [-0.15, -0.1) is 0 Å². The van der Waals surface area contributed by atoms with Crippen LogP contribution in [0, 0.1) is 5.82 Å². The van der Waals surface area contributed by atoms with E-state index in [0.717, 1.165) is 0 Å². The van der Waals surface area contributed by atoms with Gasteiger partial charge in [-0.25, -0.2) is 4.39 Å². The molecule has 2 atom stereocenters. The van der Waals surface area contributed by atoms with Gasteiger partial charge in [0.2, 0.25) is 0 Å². The molecule has 0 spiro atoms. The van der Waals surface area contributed by atoms with Crippen molar-refractivity contribution in [2.75, 3.05) is 13.6 Å². The van der Waals surface area contributed by atoms with Gasteiger partial charge in [0.05, 0.1) is 12.1 Å². The maximum absolute atomic E-state index is 13.3. The molecule has 0 saturated heterocycles. The first kappa shape index (κ1) is 11.1. The molecule has 3 nitrogen and oxygen atoms in total. The third kappa shape index (κ3) is 2.29. The summed E-state index contributed by atoms with van der Waals surface area (Å²) in [6, 6.07) is 5.88. The third-order valence-electron chi connectivity index (χ3n) is 2.18. The number of benzene rings is 1. The lowest BCUT2D eigenvalue weighted by atomic mass is 10.0. The molecule has 2 unspecified atom stereocenters. The molecule has 4 N–H and O–H groups in total. The molecule has 0 amide bonds. The van der Waals surface area contributed by atoms with Crippen molar-refractivity contribution in [2.45, 2.75) is 12.1 Å². The highest BCUT2D eigenvalue weighted by atomic mass is 19.1. The van der Waals surface area contributed by atoms with Crippen LogP contribution in [0.3, 0.4) is 0 Å². The van der Waals surface area contributed by atoms with Crippen LogP contribution in [0.5, 0.6) is 0 Å². The first-order valence-electron chi connectivity index (χ1n) is 4.50. The summed E-state index contributed by atoms with van der Waals surface area (Å²) in [6.07, 6.45) is -0.781. The summed E-state index contributed by atoms with van der Waals surface area (Å²) in [5.74, 6) is -0.334. The molecule has 4 heteroatoms. The predicted molar refractivity (Wildman–Crippen MR) is 53.3 cm³/mol. The van der Waals surface area contributed by atoms with Crippen molar-refractivity contribution in [3.8, 4) is 0 Å². The van der Waals surface area contributed by atoms with Crippen molar-refractivity contribution < 1.29 is 9.50 Å². The SMILES string of the molecule is CNC(c1ccccc1F)C(O)CN. The number of aliphatic hydroxyl groups is 1. The molecule has 0 aromatic heterocycles. The van der Waals surface area contributed by atoms with E-state index < -0.39 is 12.1 Å². The largest absolute Gasteiger partial charge is 0.390 e. The zero-order chi connectivity index (χ0) is 10.6. The molecule has 0 aliphatic heterocycles. The number of halogens is 1. The summed E-state index contributed by atoms with van der Waals surface area (Å²) in [5, 5.41) is 12.4. The maximum atomic E-state index is 13.3. The van der Waals surface area contributed by atoms with Gasteiger partial charge in [0.25, 0.3) is 0 Å². The zero-order valence-corrected chi connectivity index (χ0v) is 8.07. The third-order valence-corrected chi connectivity index (χ3v) is 2.18. The summed E-state index contributed by atoms with van der Waals surface area (Å²) in [7, 11) is 1.66. The minimum Gasteiger partial charge on any atom is -0.390 e. The van der Waals surface area contributed by atoms with Crippen LogP contribution in [-0.4, -0.2) is 24.8 Å². The fourth-order valence-corrected chi connectivity index (χ4v) is 1.42. The van der Waals surface area contributed by atoms with Crippen molar-refractivity contribution >= 4 is 0 Å². The average Bonchev–Trinajstić information content (AvgIpc) is 2.21. The van der Waals surface area contributed by atoms with Gasteiger partial charge in [-0.2, -0.15) is 0 Å². The second-order valence-electron chi connectivity index (χ2n) is 3.09. The maximum Gasteiger partial charge on any atom is 0.128 e. The number of nitrogens with one attached hydrogen (secondary N) is 1. The Balaban J connectivity index is 2.94. The smallest absolute Gasteiger partial charge is 0.128 e. The highest BCUT2D eigenvalue weighted by molar-refractivity contribution is 5.22. The van der Waals surface area contributed by atoms with Crippen LogP contribution >= 0.6 is 0 Å². The highest BCUT2D eigenvalue weighted by Gasteiger charge is 2.20. The Morgan fingerprint density at radius 3 is 2.64 bits per heavy atom. The van der Waals surface area contributed by atoms with Gasteiger partial charge in [0, 0.05) is 12.1 Å². The molecular formula is C10H15FN2O. The number of nitrogens with two attached hydrogens (primary N) is 1. The predicted octanol–water partition coefficient (Wildman–Crippen LogP) is 0.406. The van der Waals surface area contributed by atoms with Gasteiger partial charge >= 0.3 is 0 Å². The van der Waals surface area contributed by atoms with E-state index in [0.29, 0.717) is 5.56 Å². The lowest BCUT2D eigenvalue weighted by Crippen LogP contribution is -2.35. The summed E-state index contributed by atoms with van der Waals surface area (Å²) in [5.41, 5.74) is 5.76. The summed E-state index contributed by atoms with van der Waals surface area (Å²) in [6.45, 7) is 0.0971. The highest BCUT2D eigenvalue weighted by Crippen LogP contribution is 2.19. The van der Waals surface area contributed by atoms with E-state index in [-0.39, 0.29) is 12.4 Å². The second-order valence-corrected chi connectivity index (χ2v) is 3.09. The summed E-state index contributed by atoms with van der Waals surface area (Å²) < 4.78 is 13.3. The van der Waals surface area contributed by atoms with Gasteiger partial charge in [-0.1, -0.05) is 18.2 Å². The number of likely N-dealkylation sites (N-methyl/N-ethyl adjacent to an activating group) is 1. The van der Waals surface area contributed by atoms with E-state index in [1.54, 1.807) is 25.2 Å². The molecule has 0 radical (unpaired) electrons. The van der Waals surface area contributed by atoms with Gasteiger partial charge < -0.3 is 16.2 Å². The minimum atomic E-state index is -0.781. The molecule has 14 heavy (non-hydrogen) atoms. The number of hydrogen-bond acceptors (Lipinski definition) is 3. The second kappa shape index (κ2) is 5.05. The van der Waals surface area contributed by atoms with E-state index in [1.165, 1.54) is 6.07 Å². The molecule has 1 aromatic rings. The molecule has 78 valence electrons. The first-order chi connectivity index (χ1) is 6.70. The number of aliphatic hydroxyl groups excluding tert-OH is 1. The van der Waals surface area contributed by atoms with Crippen LogP contribution in [0.4, 0.5) is 4.39 Å². The van der Waals surface area contributed by atoms with E-state index in [1.807, 2.05) is 0 Å². The lowest BCUT2D eigenvalue weighted by molar-refractivity contribution is 0.137. The Kier molecular flexibility index (Phi) is 4.00. The summed E-state index contributed by atoms with van der Waals surface area (Å²) >= 11 is 0. The van der Waals surface area contributed by atoms with Gasteiger partial charge in [-0.05, 0) is 13.1 Å². The average molecular weight is 198 g/mol. The number of hydrogen-bond donors (Lipinski definition) is 3. The monoisotopic (exact) mass is 198 g/mol. The van der Waals surface area contributed by atoms with E-state index in [4.69, 9.17) is 5.73 Å². The minimum absolute atomic E-state index is 0.0971. The normalized spacial score (nSPS) is 15.1. The molecule has 0 bridgehead atoms. The molecule has 0 aliphatic rings. The van der Waals surface area contributed by atoms with E-state index >= 15 is 0 Å². The van der Waals surface area contributed by atoms with Crippen molar-refractivity contribution in [3.05, 3.63) is 35.6 Å². The quantitative estimate of drug-likeness (QED) is 0.656. The molecule has 0 fully saturated rings. The molecule has 1 aromatic carbocycles. The Morgan fingerprint density at radius 1 is 1.50 bits per heavy atom. The Labute approximate surface area is 82.7 Å². The van der Waals surface area contributed by atoms with Crippen LogP contribution < -0.4 is 11.1 Å².